The molecule has 5 atom stereocenters. The third-order valence-corrected chi connectivity index (χ3v) is 5.95. The molecule has 1 saturated heterocycles. The lowest BCUT2D eigenvalue weighted by atomic mass is 9.96. The molecule has 2 aliphatic rings. The van der Waals surface area contributed by atoms with Crippen LogP contribution in [0.15, 0.2) is 24.3 Å². The lowest BCUT2D eigenvalue weighted by Gasteiger charge is -2.42. The van der Waals surface area contributed by atoms with E-state index in [2.05, 4.69) is 5.32 Å². The molecule has 1 aliphatic carbocycles. The van der Waals surface area contributed by atoms with E-state index in [1.165, 1.54) is 11.6 Å². The van der Waals surface area contributed by atoms with Crippen LogP contribution in [0.1, 0.15) is 37.6 Å². The number of benzene rings is 1. The Bertz CT molecular complexity index is 984. The molecule has 1 amide bonds. The van der Waals surface area contributed by atoms with Crippen molar-refractivity contribution < 1.29 is 24.9 Å². The van der Waals surface area contributed by atoms with Gasteiger partial charge < -0.3 is 25.4 Å². The number of carbonyl (C=O) groups excluding carboxylic acids is 1. The molecule has 0 bridgehead atoms. The van der Waals surface area contributed by atoms with Crippen molar-refractivity contribution >= 4 is 18.1 Å². The van der Waals surface area contributed by atoms with E-state index in [0.717, 1.165) is 24.0 Å². The maximum absolute atomic E-state index is 11.8. The quantitative estimate of drug-likeness (QED) is 0.515. The Morgan fingerprint density at radius 3 is 2.50 bits per heavy atom. The smallest absolute Gasteiger partial charge is 0.217 e. The monoisotopic (exact) mass is 434 g/mol. The summed E-state index contributed by atoms with van der Waals surface area (Å²) in [6.45, 7) is 2.82. The second-order valence-electron chi connectivity index (χ2n) is 7.97. The summed E-state index contributed by atoms with van der Waals surface area (Å²) in [4.78, 5) is 11.8. The molecular weight excluding hydrogens is 408 g/mol. The number of hydrogen-bond acceptors (Lipinski definition) is 7. The summed E-state index contributed by atoms with van der Waals surface area (Å²) in [7, 11) is 0. The number of nitrogens with one attached hydrogen (secondary N) is 1. The molecule has 0 spiro atoms. The SMILES string of the molecule is CC(=O)N[C@@H]1[C@H](O)[C@H](O)[C@H](CO)O[C@@H]1n1nc(-c2ccc(C)cc2)n(C2CC2)c1=S. The average Bonchev–Trinajstić information content (AvgIpc) is 3.49. The fourth-order valence-corrected chi connectivity index (χ4v) is 4.20. The number of nitrogens with zero attached hydrogens (tertiary/aromatic N) is 3. The van der Waals surface area contributed by atoms with Crippen LogP contribution in [0.3, 0.4) is 0 Å². The highest BCUT2D eigenvalue weighted by Crippen LogP contribution is 2.40. The number of carbonyl (C=O) groups is 1. The van der Waals surface area contributed by atoms with Crippen LogP contribution in [0, 0.1) is 11.7 Å². The van der Waals surface area contributed by atoms with E-state index in [-0.39, 0.29) is 6.04 Å². The number of ether oxygens (including phenoxy) is 1. The zero-order chi connectivity index (χ0) is 21.6. The summed E-state index contributed by atoms with van der Waals surface area (Å²) < 4.78 is 9.70. The van der Waals surface area contributed by atoms with Crippen LogP contribution in [0.4, 0.5) is 0 Å². The summed E-state index contributed by atoms with van der Waals surface area (Å²) in [5.41, 5.74) is 2.02. The van der Waals surface area contributed by atoms with E-state index in [9.17, 15) is 20.1 Å². The van der Waals surface area contributed by atoms with Crippen molar-refractivity contribution in [1.82, 2.24) is 19.7 Å². The normalized spacial score (nSPS) is 29.0. The molecule has 4 rings (SSSR count). The standard InChI is InChI=1S/C20H26N4O5S/c1-10-3-5-12(6-4-10)18-22-24(20(30)23(18)13-7-8-13)19-15(21-11(2)26)17(28)16(27)14(9-25)29-19/h3-6,13-17,19,25,27-28H,7-9H2,1-2H3,(H,21,26)/t14-,15+,16+,17-,19-/m0/s1. The number of aliphatic hydroxyl groups excluding tert-OH is 3. The molecule has 2 fully saturated rings. The Morgan fingerprint density at radius 1 is 1.27 bits per heavy atom. The first-order valence-electron chi connectivity index (χ1n) is 9.99. The molecule has 0 radical (unpaired) electrons. The van der Waals surface area contributed by atoms with E-state index in [0.29, 0.717) is 10.6 Å². The van der Waals surface area contributed by atoms with Crippen LogP contribution in [0.5, 0.6) is 0 Å². The Labute approximate surface area is 178 Å². The third kappa shape index (κ3) is 3.81. The van der Waals surface area contributed by atoms with Crippen LogP contribution in [0.25, 0.3) is 11.4 Å². The molecule has 2 aromatic rings. The first-order chi connectivity index (χ1) is 14.3. The van der Waals surface area contributed by atoms with Gasteiger partial charge >= 0.3 is 0 Å². The number of aliphatic hydroxyl groups is 3. The van der Waals surface area contributed by atoms with Gasteiger partial charge in [0.2, 0.25) is 10.7 Å². The summed E-state index contributed by atoms with van der Waals surface area (Å²) in [6.07, 6.45) is -2.77. The lowest BCUT2D eigenvalue weighted by molar-refractivity contribution is -0.219. The predicted octanol–water partition coefficient (Wildman–Crippen LogP) is 0.841. The number of aryl methyl sites for hydroxylation is 1. The Balaban J connectivity index is 1.81. The topological polar surface area (TPSA) is 122 Å². The van der Waals surface area contributed by atoms with Gasteiger partial charge in [-0.05, 0) is 32.0 Å². The van der Waals surface area contributed by atoms with Crippen molar-refractivity contribution in [3.05, 3.63) is 34.6 Å². The second-order valence-corrected chi connectivity index (χ2v) is 8.34. The van der Waals surface area contributed by atoms with Crippen molar-refractivity contribution in [2.24, 2.45) is 0 Å². The molecule has 0 unspecified atom stereocenters. The molecule has 1 aromatic heterocycles. The van der Waals surface area contributed by atoms with E-state index < -0.39 is 43.1 Å². The van der Waals surface area contributed by atoms with Crippen molar-refractivity contribution in [3.63, 3.8) is 0 Å². The Kier molecular flexibility index (Phi) is 5.78. The lowest BCUT2D eigenvalue weighted by Crippen LogP contribution is -2.62. The minimum absolute atomic E-state index is 0.231. The van der Waals surface area contributed by atoms with Gasteiger partial charge in [0.05, 0.1) is 6.61 Å². The zero-order valence-corrected chi connectivity index (χ0v) is 17.6. The molecule has 10 heteroatoms. The van der Waals surface area contributed by atoms with Gasteiger partial charge in [-0.15, -0.1) is 5.10 Å². The molecular formula is C20H26N4O5S. The molecule has 30 heavy (non-hydrogen) atoms. The fraction of sp³-hybridized carbons (Fsp3) is 0.550. The van der Waals surface area contributed by atoms with Crippen molar-refractivity contribution in [2.75, 3.05) is 6.61 Å². The van der Waals surface area contributed by atoms with Crippen molar-refractivity contribution in [1.29, 1.82) is 0 Å². The van der Waals surface area contributed by atoms with Crippen LogP contribution < -0.4 is 5.32 Å². The van der Waals surface area contributed by atoms with Crippen molar-refractivity contribution in [3.8, 4) is 11.4 Å². The van der Waals surface area contributed by atoms with Gasteiger partial charge in [-0.25, -0.2) is 4.68 Å². The van der Waals surface area contributed by atoms with E-state index in [4.69, 9.17) is 22.1 Å². The predicted molar refractivity (Wildman–Crippen MR) is 110 cm³/mol. The van der Waals surface area contributed by atoms with Gasteiger partial charge in [0.25, 0.3) is 0 Å². The summed E-state index contributed by atoms with van der Waals surface area (Å²) in [5, 5.41) is 37.8. The van der Waals surface area contributed by atoms with Crippen LogP contribution in [0.2, 0.25) is 0 Å². The average molecular weight is 435 g/mol. The molecule has 1 saturated carbocycles. The number of rotatable bonds is 5. The molecule has 9 nitrogen and oxygen atoms in total. The van der Waals surface area contributed by atoms with Crippen LogP contribution in [-0.2, 0) is 9.53 Å². The maximum atomic E-state index is 11.8. The highest BCUT2D eigenvalue weighted by molar-refractivity contribution is 7.71. The highest BCUT2D eigenvalue weighted by Gasteiger charge is 2.47. The third-order valence-electron chi connectivity index (χ3n) is 5.57. The second kappa shape index (κ2) is 8.20. The van der Waals surface area contributed by atoms with Gasteiger partial charge in [0.15, 0.2) is 12.1 Å². The summed E-state index contributed by atoms with van der Waals surface area (Å²) in [6, 6.07) is 7.17. The number of aromatic nitrogens is 3. The van der Waals surface area contributed by atoms with Gasteiger partial charge in [-0.2, -0.15) is 0 Å². The molecule has 2 heterocycles. The first-order valence-corrected chi connectivity index (χ1v) is 10.4. The van der Waals surface area contributed by atoms with E-state index >= 15 is 0 Å². The first kappa shape index (κ1) is 21.1. The molecule has 162 valence electrons. The van der Waals surface area contributed by atoms with Crippen LogP contribution >= 0.6 is 12.2 Å². The summed E-state index contributed by atoms with van der Waals surface area (Å²) >= 11 is 5.71. The van der Waals surface area contributed by atoms with Crippen LogP contribution in [-0.4, -0.2) is 66.5 Å². The van der Waals surface area contributed by atoms with E-state index in [1.54, 1.807) is 0 Å². The fourth-order valence-electron chi connectivity index (χ4n) is 3.82. The Morgan fingerprint density at radius 2 is 1.93 bits per heavy atom. The zero-order valence-electron chi connectivity index (χ0n) is 16.8. The van der Waals surface area contributed by atoms with Gasteiger partial charge in [-0.1, -0.05) is 29.8 Å². The largest absolute Gasteiger partial charge is 0.394 e. The van der Waals surface area contributed by atoms with Gasteiger partial charge in [0, 0.05) is 18.5 Å². The summed E-state index contributed by atoms with van der Waals surface area (Å²) in [5.74, 6) is 0.281. The molecule has 1 aromatic carbocycles. The Hall–Kier alpha value is -2.11. The van der Waals surface area contributed by atoms with Gasteiger partial charge in [-0.3, -0.25) is 9.36 Å². The molecule has 4 N–H and O–H groups in total. The molecule has 1 aliphatic heterocycles. The van der Waals surface area contributed by atoms with E-state index in [1.807, 2.05) is 35.8 Å². The minimum atomic E-state index is -1.36. The highest BCUT2D eigenvalue weighted by atomic mass is 32.1. The van der Waals surface area contributed by atoms with Crippen molar-refractivity contribution in [2.45, 2.75) is 63.3 Å². The van der Waals surface area contributed by atoms with Gasteiger partial charge in [0.1, 0.15) is 24.4 Å². The number of hydrogen-bond donors (Lipinski definition) is 4. The maximum Gasteiger partial charge on any atom is 0.217 e. The number of amides is 1. The minimum Gasteiger partial charge on any atom is -0.394 e.